The van der Waals surface area contributed by atoms with Crippen molar-refractivity contribution in [3.05, 3.63) is 23.8 Å². The van der Waals surface area contributed by atoms with Crippen LogP contribution in [0.1, 0.15) is 112 Å². The molecule has 0 aromatic carbocycles. The normalized spacial score (nSPS) is 26.4. The van der Waals surface area contributed by atoms with Gasteiger partial charge < -0.3 is 15.1 Å². The monoisotopic (exact) mass is 475 g/mol. The molecule has 1 amide bonds. The molecule has 0 aliphatic heterocycles. The maximum atomic E-state index is 12.5. The van der Waals surface area contributed by atoms with Crippen LogP contribution in [0.15, 0.2) is 23.8 Å². The van der Waals surface area contributed by atoms with Gasteiger partial charge in [-0.2, -0.15) is 0 Å². The van der Waals surface area contributed by atoms with Gasteiger partial charge in [-0.1, -0.05) is 63.3 Å². The topological polar surface area (TPSA) is 60.8 Å². The van der Waals surface area contributed by atoms with Crippen LogP contribution in [0.25, 0.3) is 0 Å². The maximum absolute atomic E-state index is 12.5. The molecule has 0 radical (unpaired) electrons. The van der Waals surface area contributed by atoms with E-state index in [0.29, 0.717) is 24.2 Å². The molecule has 0 heterocycles. The summed E-state index contributed by atoms with van der Waals surface area (Å²) in [4.78, 5) is 14.5. The van der Waals surface area contributed by atoms with E-state index >= 15 is 0 Å². The number of carbonyl (C=O) groups excluding carboxylic acids is 1. The number of nitrogens with zero attached hydrogens (tertiary/aromatic N) is 1. The molecule has 0 spiro atoms. The molecule has 2 N–H and O–H groups in total. The number of unbranched alkanes of at least 4 members (excludes halogenated alkanes) is 3. The highest BCUT2D eigenvalue weighted by atomic mass is 16.3. The van der Waals surface area contributed by atoms with Crippen LogP contribution in [-0.2, 0) is 4.79 Å². The average Bonchev–Trinajstić information content (AvgIpc) is 3.26. The molecular formula is C30H53NO3. The van der Waals surface area contributed by atoms with Crippen LogP contribution < -0.4 is 0 Å². The number of aliphatic hydroxyl groups excluding tert-OH is 2. The van der Waals surface area contributed by atoms with E-state index in [0.717, 1.165) is 44.9 Å². The lowest BCUT2D eigenvalue weighted by Gasteiger charge is -2.30. The average molecular weight is 476 g/mol. The van der Waals surface area contributed by atoms with Gasteiger partial charge in [0.15, 0.2) is 0 Å². The minimum absolute atomic E-state index is 0.162. The molecule has 6 atom stereocenters. The molecule has 34 heavy (non-hydrogen) atoms. The van der Waals surface area contributed by atoms with Gasteiger partial charge in [0.05, 0.1) is 12.2 Å². The summed E-state index contributed by atoms with van der Waals surface area (Å²) in [5.74, 6) is 1.94. The predicted molar refractivity (Wildman–Crippen MR) is 142 cm³/mol. The minimum Gasteiger partial charge on any atom is -0.392 e. The molecule has 2 aliphatic carbocycles. The van der Waals surface area contributed by atoms with Crippen LogP contribution in [0, 0.1) is 23.7 Å². The zero-order chi connectivity index (χ0) is 25.3. The zero-order valence-corrected chi connectivity index (χ0v) is 22.9. The summed E-state index contributed by atoms with van der Waals surface area (Å²) in [5, 5.41) is 21.1. The Morgan fingerprint density at radius 1 is 1.12 bits per heavy atom. The third-order valence-electron chi connectivity index (χ3n) is 7.99. The molecule has 1 saturated carbocycles. The largest absolute Gasteiger partial charge is 0.392 e. The van der Waals surface area contributed by atoms with E-state index in [4.69, 9.17) is 0 Å². The van der Waals surface area contributed by atoms with E-state index < -0.39 is 6.10 Å². The number of hydrogen-bond acceptors (Lipinski definition) is 3. The number of hydrogen-bond donors (Lipinski definition) is 2. The fraction of sp³-hybridized carbons (Fsp3) is 0.833. The SMILES string of the molecule is CCCC[C@H](C)C[C@H](O)C=C[C@@H]1[C@H]2CC(CCCCCC(=O)N(C(C)C)C(C)C)=C[C@H]2C[C@H]1O. The second-order valence-corrected chi connectivity index (χ2v) is 11.7. The van der Waals surface area contributed by atoms with Gasteiger partial charge in [0.1, 0.15) is 0 Å². The molecule has 0 aromatic rings. The summed E-state index contributed by atoms with van der Waals surface area (Å²) in [6.45, 7) is 12.8. The number of allylic oxidation sites excluding steroid dienone is 2. The van der Waals surface area contributed by atoms with Crippen molar-refractivity contribution in [1.82, 2.24) is 4.90 Å². The molecule has 0 unspecified atom stereocenters. The summed E-state index contributed by atoms with van der Waals surface area (Å²) in [5.41, 5.74) is 1.53. The van der Waals surface area contributed by atoms with E-state index in [2.05, 4.69) is 53.7 Å². The molecule has 0 saturated heterocycles. The first kappa shape index (κ1) is 29.1. The molecule has 2 rings (SSSR count). The molecule has 196 valence electrons. The highest BCUT2D eigenvalue weighted by Gasteiger charge is 2.43. The number of carbonyl (C=O) groups is 1. The lowest BCUT2D eigenvalue weighted by atomic mass is 9.88. The van der Waals surface area contributed by atoms with Crippen molar-refractivity contribution < 1.29 is 15.0 Å². The highest BCUT2D eigenvalue weighted by molar-refractivity contribution is 5.76. The van der Waals surface area contributed by atoms with Crippen molar-refractivity contribution in [2.75, 3.05) is 0 Å². The predicted octanol–water partition coefficient (Wildman–Crippen LogP) is 6.66. The number of rotatable bonds is 15. The Hall–Kier alpha value is -1.13. The van der Waals surface area contributed by atoms with Gasteiger partial charge in [-0.3, -0.25) is 4.79 Å². The van der Waals surface area contributed by atoms with Gasteiger partial charge >= 0.3 is 0 Å². The quantitative estimate of drug-likeness (QED) is 0.206. The Morgan fingerprint density at radius 2 is 1.82 bits per heavy atom. The van der Waals surface area contributed by atoms with Crippen LogP contribution in [0.4, 0.5) is 0 Å². The van der Waals surface area contributed by atoms with Gasteiger partial charge in [0, 0.05) is 24.4 Å². The lowest BCUT2D eigenvalue weighted by molar-refractivity contribution is -0.134. The van der Waals surface area contributed by atoms with E-state index in [1.165, 1.54) is 24.8 Å². The first-order valence-corrected chi connectivity index (χ1v) is 14.2. The first-order valence-electron chi connectivity index (χ1n) is 14.2. The van der Waals surface area contributed by atoms with E-state index in [9.17, 15) is 15.0 Å². The Bertz CT molecular complexity index is 660. The number of fused-ring (bicyclic) bond motifs is 1. The fourth-order valence-electron chi connectivity index (χ4n) is 6.31. The Morgan fingerprint density at radius 3 is 2.47 bits per heavy atom. The Balaban J connectivity index is 1.73. The van der Waals surface area contributed by atoms with Crippen LogP contribution in [-0.4, -0.2) is 45.3 Å². The van der Waals surface area contributed by atoms with E-state index in [-0.39, 0.29) is 30.0 Å². The summed E-state index contributed by atoms with van der Waals surface area (Å²) < 4.78 is 0. The third-order valence-corrected chi connectivity index (χ3v) is 7.99. The summed E-state index contributed by atoms with van der Waals surface area (Å²) in [6, 6.07) is 0.525. The third kappa shape index (κ3) is 8.82. The standard InChI is InChI=1S/C30H53NO3/c1-7-8-12-23(6)17-26(32)15-16-27-28-19-24(18-25(28)20-29(27)33)13-10-9-11-14-30(34)31(21(2)3)22(4)5/h15-16,18,21-23,25-29,32-33H,7-14,17,19-20H2,1-6H3/t23-,25-,26+,27+,28-,29+/m0/s1. The molecule has 1 fully saturated rings. The van der Waals surface area contributed by atoms with Crippen LogP contribution in [0.5, 0.6) is 0 Å². The van der Waals surface area contributed by atoms with Gasteiger partial charge in [-0.25, -0.2) is 0 Å². The lowest BCUT2D eigenvalue weighted by Crippen LogP contribution is -2.41. The first-order chi connectivity index (χ1) is 16.1. The fourth-order valence-corrected chi connectivity index (χ4v) is 6.31. The molecule has 4 heteroatoms. The van der Waals surface area contributed by atoms with Crippen molar-refractivity contribution in [2.45, 2.75) is 136 Å². The molecule has 0 bridgehead atoms. The van der Waals surface area contributed by atoms with Crippen molar-refractivity contribution >= 4 is 5.91 Å². The number of amides is 1. The zero-order valence-electron chi connectivity index (χ0n) is 22.9. The van der Waals surface area contributed by atoms with E-state index in [1.54, 1.807) is 0 Å². The molecule has 0 aromatic heterocycles. The smallest absolute Gasteiger partial charge is 0.223 e. The highest BCUT2D eigenvalue weighted by Crippen LogP contribution is 2.48. The van der Waals surface area contributed by atoms with Crippen molar-refractivity contribution in [1.29, 1.82) is 0 Å². The van der Waals surface area contributed by atoms with Crippen LogP contribution in [0.2, 0.25) is 0 Å². The second-order valence-electron chi connectivity index (χ2n) is 11.7. The molecular weight excluding hydrogens is 422 g/mol. The Kier molecular flexibility index (Phi) is 12.4. The minimum atomic E-state index is -0.406. The van der Waals surface area contributed by atoms with Crippen molar-refractivity contribution in [2.24, 2.45) is 23.7 Å². The number of aliphatic hydroxyl groups is 2. The van der Waals surface area contributed by atoms with Crippen molar-refractivity contribution in [3.63, 3.8) is 0 Å². The maximum Gasteiger partial charge on any atom is 0.223 e. The van der Waals surface area contributed by atoms with Crippen LogP contribution in [0.3, 0.4) is 0 Å². The molecule has 4 nitrogen and oxygen atoms in total. The van der Waals surface area contributed by atoms with Crippen molar-refractivity contribution in [3.8, 4) is 0 Å². The van der Waals surface area contributed by atoms with Crippen LogP contribution >= 0.6 is 0 Å². The Labute approximate surface area is 209 Å². The second kappa shape index (κ2) is 14.4. The van der Waals surface area contributed by atoms with Gasteiger partial charge in [-0.05, 0) is 84.0 Å². The van der Waals surface area contributed by atoms with Gasteiger partial charge in [-0.15, -0.1) is 0 Å². The summed E-state index contributed by atoms with van der Waals surface area (Å²) in [6.07, 6.45) is 17.1. The summed E-state index contributed by atoms with van der Waals surface area (Å²) >= 11 is 0. The van der Waals surface area contributed by atoms with E-state index in [1.807, 2.05) is 11.0 Å². The van der Waals surface area contributed by atoms with Gasteiger partial charge in [0.25, 0.3) is 0 Å². The molecule has 2 aliphatic rings. The van der Waals surface area contributed by atoms with Gasteiger partial charge in [0.2, 0.25) is 5.91 Å². The summed E-state index contributed by atoms with van der Waals surface area (Å²) in [7, 11) is 0.